The normalized spacial score (nSPS) is 17.2. The second-order valence-electron chi connectivity index (χ2n) is 12.8. The maximum absolute atomic E-state index is 12.4. The number of nitrogens with zero attached hydrogens (tertiary/aromatic N) is 1. The summed E-state index contributed by atoms with van der Waals surface area (Å²) in [7, 11) is 4.09. The molecule has 1 saturated carbocycles. The van der Waals surface area contributed by atoms with Crippen LogP contribution in [0.4, 0.5) is 0 Å². The molecule has 0 bridgehead atoms. The molecule has 5 nitrogen and oxygen atoms in total. The number of hydrogen-bond donors (Lipinski definition) is 0. The molecule has 0 aromatic heterocycles. The van der Waals surface area contributed by atoms with Gasteiger partial charge >= 0.3 is 11.9 Å². The number of esters is 2. The maximum atomic E-state index is 12.4. The lowest BCUT2D eigenvalue weighted by Crippen LogP contribution is -2.20. The molecule has 0 saturated heterocycles. The van der Waals surface area contributed by atoms with E-state index >= 15 is 0 Å². The first-order chi connectivity index (χ1) is 19.5. The fourth-order valence-electron chi connectivity index (χ4n) is 5.63. The first-order valence-electron chi connectivity index (χ1n) is 17.5. The molecule has 1 aliphatic carbocycles. The monoisotopic (exact) mass is 566 g/mol. The van der Waals surface area contributed by atoms with Gasteiger partial charge in [-0.2, -0.15) is 0 Å². The van der Waals surface area contributed by atoms with Crippen molar-refractivity contribution >= 4 is 11.9 Å². The molecule has 1 aliphatic rings. The standard InChI is InChI=1S/C35H67NO4/c1-5-7-9-11-13-15-20-25-32(39-34(37)28-23-29-36(3)4)26-21-18-17-19-24-31-30-33(31)40-35(38)27-22-16-14-12-10-8-6-2/h31-33H,5-30H2,1-4H3. The van der Waals surface area contributed by atoms with E-state index in [1.165, 1.54) is 103 Å². The van der Waals surface area contributed by atoms with Crippen LogP contribution in [0.3, 0.4) is 0 Å². The topological polar surface area (TPSA) is 55.8 Å². The molecule has 0 spiro atoms. The van der Waals surface area contributed by atoms with Crippen molar-refractivity contribution in [3.63, 3.8) is 0 Å². The fraction of sp³-hybridized carbons (Fsp3) is 0.943. The Hall–Kier alpha value is -1.10. The van der Waals surface area contributed by atoms with Gasteiger partial charge in [-0.05, 0) is 77.9 Å². The molecule has 40 heavy (non-hydrogen) atoms. The summed E-state index contributed by atoms with van der Waals surface area (Å²) in [5.74, 6) is 0.589. The summed E-state index contributed by atoms with van der Waals surface area (Å²) in [4.78, 5) is 26.6. The van der Waals surface area contributed by atoms with Crippen molar-refractivity contribution in [1.82, 2.24) is 4.90 Å². The third kappa shape index (κ3) is 22.6. The minimum atomic E-state index is -0.0175. The fourth-order valence-corrected chi connectivity index (χ4v) is 5.63. The van der Waals surface area contributed by atoms with Crippen LogP contribution in [0.5, 0.6) is 0 Å². The molecule has 1 rings (SSSR count). The van der Waals surface area contributed by atoms with Gasteiger partial charge in [-0.3, -0.25) is 9.59 Å². The molecule has 0 radical (unpaired) electrons. The minimum Gasteiger partial charge on any atom is -0.462 e. The predicted octanol–water partition coefficient (Wildman–Crippen LogP) is 9.79. The molecule has 0 aromatic rings. The molecule has 3 atom stereocenters. The van der Waals surface area contributed by atoms with E-state index in [9.17, 15) is 9.59 Å². The minimum absolute atomic E-state index is 0.0175. The van der Waals surface area contributed by atoms with Gasteiger partial charge in [0.2, 0.25) is 0 Å². The van der Waals surface area contributed by atoms with E-state index in [1.54, 1.807) is 0 Å². The van der Waals surface area contributed by atoms with Crippen LogP contribution in [0.25, 0.3) is 0 Å². The van der Waals surface area contributed by atoms with Gasteiger partial charge in [-0.1, -0.05) is 110 Å². The Morgan fingerprint density at radius 1 is 0.650 bits per heavy atom. The highest BCUT2D eigenvalue weighted by Crippen LogP contribution is 2.38. The van der Waals surface area contributed by atoms with Crippen molar-refractivity contribution < 1.29 is 19.1 Å². The molecule has 0 amide bonds. The molecule has 1 fully saturated rings. The highest BCUT2D eigenvalue weighted by molar-refractivity contribution is 5.70. The van der Waals surface area contributed by atoms with Crippen LogP contribution >= 0.6 is 0 Å². The molecule has 0 heterocycles. The van der Waals surface area contributed by atoms with Crippen LogP contribution in [0.1, 0.15) is 174 Å². The van der Waals surface area contributed by atoms with Gasteiger partial charge in [-0.15, -0.1) is 0 Å². The van der Waals surface area contributed by atoms with Crippen molar-refractivity contribution in [3.8, 4) is 0 Å². The van der Waals surface area contributed by atoms with E-state index < -0.39 is 0 Å². The van der Waals surface area contributed by atoms with E-state index in [0.717, 1.165) is 51.5 Å². The summed E-state index contributed by atoms with van der Waals surface area (Å²) in [6.07, 6.45) is 29.0. The number of carbonyl (C=O) groups is 2. The third-order valence-electron chi connectivity index (χ3n) is 8.39. The van der Waals surface area contributed by atoms with Crippen LogP contribution in [0.15, 0.2) is 0 Å². The number of carbonyl (C=O) groups excluding carboxylic acids is 2. The highest BCUT2D eigenvalue weighted by Gasteiger charge is 2.39. The smallest absolute Gasteiger partial charge is 0.306 e. The first-order valence-corrected chi connectivity index (χ1v) is 17.5. The number of hydrogen-bond acceptors (Lipinski definition) is 5. The average molecular weight is 566 g/mol. The number of unbranched alkanes of at least 4 members (excludes halogenated alkanes) is 15. The predicted molar refractivity (Wildman–Crippen MR) is 169 cm³/mol. The molecule has 0 aromatic carbocycles. The number of rotatable bonds is 29. The Labute approximate surface area is 248 Å². The summed E-state index contributed by atoms with van der Waals surface area (Å²) in [6.45, 7) is 5.43. The summed E-state index contributed by atoms with van der Waals surface area (Å²) in [5.41, 5.74) is 0. The van der Waals surface area contributed by atoms with Gasteiger partial charge in [0.25, 0.3) is 0 Å². The van der Waals surface area contributed by atoms with Crippen molar-refractivity contribution in [1.29, 1.82) is 0 Å². The van der Waals surface area contributed by atoms with Gasteiger partial charge in [0, 0.05) is 12.8 Å². The number of ether oxygens (including phenoxy) is 2. The lowest BCUT2D eigenvalue weighted by molar-refractivity contribution is -0.150. The van der Waals surface area contributed by atoms with Gasteiger partial charge in [-0.25, -0.2) is 0 Å². The SMILES string of the molecule is CCCCCCCCCC(=O)OC1CC1CCCCCCC(CCCCCCCCC)OC(=O)CCCN(C)C. The zero-order valence-corrected chi connectivity index (χ0v) is 27.2. The van der Waals surface area contributed by atoms with Crippen LogP contribution < -0.4 is 0 Å². The average Bonchev–Trinajstić information content (AvgIpc) is 3.66. The lowest BCUT2D eigenvalue weighted by Gasteiger charge is -2.18. The van der Waals surface area contributed by atoms with Crippen molar-refractivity contribution in [3.05, 3.63) is 0 Å². The molecular weight excluding hydrogens is 498 g/mol. The lowest BCUT2D eigenvalue weighted by atomic mass is 10.0. The largest absolute Gasteiger partial charge is 0.462 e. The molecule has 5 heteroatoms. The van der Waals surface area contributed by atoms with Crippen LogP contribution in [0, 0.1) is 5.92 Å². The summed E-state index contributed by atoms with van der Waals surface area (Å²) >= 11 is 0. The molecule has 236 valence electrons. The summed E-state index contributed by atoms with van der Waals surface area (Å²) in [5, 5.41) is 0. The summed E-state index contributed by atoms with van der Waals surface area (Å²) in [6, 6.07) is 0. The summed E-state index contributed by atoms with van der Waals surface area (Å²) < 4.78 is 11.6. The quantitative estimate of drug-likeness (QED) is 0.0667. The van der Waals surface area contributed by atoms with E-state index in [2.05, 4.69) is 18.7 Å². The van der Waals surface area contributed by atoms with Crippen molar-refractivity contribution in [2.45, 2.75) is 187 Å². The highest BCUT2D eigenvalue weighted by atomic mass is 16.6. The first kappa shape index (κ1) is 36.9. The van der Waals surface area contributed by atoms with E-state index in [1.807, 2.05) is 14.1 Å². The van der Waals surface area contributed by atoms with E-state index in [-0.39, 0.29) is 24.1 Å². The van der Waals surface area contributed by atoms with Crippen LogP contribution in [-0.2, 0) is 19.1 Å². The van der Waals surface area contributed by atoms with Crippen LogP contribution in [-0.4, -0.2) is 49.7 Å². The second kappa shape index (κ2) is 25.6. The Morgan fingerprint density at radius 3 is 1.73 bits per heavy atom. The Bertz CT molecular complexity index is 608. The Kier molecular flexibility index (Phi) is 23.6. The Morgan fingerprint density at radius 2 is 1.15 bits per heavy atom. The van der Waals surface area contributed by atoms with Crippen molar-refractivity contribution in [2.75, 3.05) is 20.6 Å². The molecule has 0 aliphatic heterocycles. The zero-order valence-electron chi connectivity index (χ0n) is 27.2. The van der Waals surface area contributed by atoms with Crippen molar-refractivity contribution in [2.24, 2.45) is 5.92 Å². The van der Waals surface area contributed by atoms with Gasteiger partial charge in [0.15, 0.2) is 0 Å². The van der Waals surface area contributed by atoms with E-state index in [0.29, 0.717) is 18.8 Å². The van der Waals surface area contributed by atoms with Gasteiger partial charge in [0.05, 0.1) is 0 Å². The van der Waals surface area contributed by atoms with Gasteiger partial charge < -0.3 is 14.4 Å². The van der Waals surface area contributed by atoms with E-state index in [4.69, 9.17) is 9.47 Å². The molecule has 3 unspecified atom stereocenters. The third-order valence-corrected chi connectivity index (χ3v) is 8.39. The zero-order chi connectivity index (χ0) is 29.3. The molecular formula is C35H67NO4. The maximum Gasteiger partial charge on any atom is 0.306 e. The molecule has 0 N–H and O–H groups in total. The second-order valence-corrected chi connectivity index (χ2v) is 12.8. The Balaban J connectivity index is 2.12. The van der Waals surface area contributed by atoms with Gasteiger partial charge in [0.1, 0.15) is 12.2 Å². The van der Waals surface area contributed by atoms with Crippen LogP contribution in [0.2, 0.25) is 0 Å².